The molecule has 0 radical (unpaired) electrons. The molecule has 0 aliphatic heterocycles. The van der Waals surface area contributed by atoms with Gasteiger partial charge in [-0.1, -0.05) is 51.2 Å². The third-order valence-electron chi connectivity index (χ3n) is 3.97. The van der Waals surface area contributed by atoms with Crippen LogP contribution >= 0.6 is 0 Å². The van der Waals surface area contributed by atoms with E-state index in [1.54, 1.807) is 0 Å². The highest BCUT2D eigenvalue weighted by molar-refractivity contribution is 6.00. The lowest BCUT2D eigenvalue weighted by molar-refractivity contribution is 0.607. The number of unbranched alkanes of at least 4 members (excludes halogenated alkanes) is 5. The van der Waals surface area contributed by atoms with E-state index < -0.39 is 0 Å². The third kappa shape index (κ3) is 3.66. The molecule has 0 aliphatic carbocycles. The first-order valence-corrected chi connectivity index (χ1v) is 7.79. The maximum Gasteiger partial charge on any atom is 0.0395 e. The Bertz CT molecular complexity index is 561. The van der Waals surface area contributed by atoms with Crippen LogP contribution in [0.1, 0.15) is 51.0 Å². The fourth-order valence-corrected chi connectivity index (χ4v) is 2.71. The quantitative estimate of drug-likeness (QED) is 0.555. The van der Waals surface area contributed by atoms with Crippen LogP contribution < -0.4 is 11.5 Å². The molecular weight excluding hydrogens is 244 g/mol. The van der Waals surface area contributed by atoms with Crippen LogP contribution in [-0.4, -0.2) is 0 Å². The molecule has 4 N–H and O–H groups in total. The van der Waals surface area contributed by atoms with E-state index in [1.807, 2.05) is 12.1 Å². The number of benzene rings is 2. The summed E-state index contributed by atoms with van der Waals surface area (Å²) in [6.45, 7) is 2.26. The zero-order chi connectivity index (χ0) is 14.4. The van der Waals surface area contributed by atoms with Crippen LogP contribution in [0.4, 0.5) is 11.4 Å². The molecule has 2 aromatic carbocycles. The van der Waals surface area contributed by atoms with Gasteiger partial charge in [-0.3, -0.25) is 0 Å². The largest absolute Gasteiger partial charge is 0.398 e. The Hall–Kier alpha value is -1.70. The lowest BCUT2D eigenvalue weighted by Crippen LogP contribution is -1.94. The second-order valence-corrected chi connectivity index (χ2v) is 5.64. The minimum absolute atomic E-state index is 0.806. The summed E-state index contributed by atoms with van der Waals surface area (Å²) in [4.78, 5) is 0. The van der Waals surface area contributed by atoms with Crippen molar-refractivity contribution in [2.75, 3.05) is 11.5 Å². The van der Waals surface area contributed by atoms with Crippen molar-refractivity contribution in [3.63, 3.8) is 0 Å². The summed E-state index contributed by atoms with van der Waals surface area (Å²) in [5.41, 5.74) is 15.0. The lowest BCUT2D eigenvalue weighted by Gasteiger charge is -2.08. The van der Waals surface area contributed by atoms with Crippen LogP contribution in [-0.2, 0) is 6.42 Å². The van der Waals surface area contributed by atoms with Gasteiger partial charge in [-0.2, -0.15) is 0 Å². The van der Waals surface area contributed by atoms with Crippen molar-refractivity contribution < 1.29 is 0 Å². The number of nitrogen functional groups attached to an aromatic ring is 2. The number of anilines is 2. The van der Waals surface area contributed by atoms with Gasteiger partial charge in [0.1, 0.15) is 0 Å². The Morgan fingerprint density at radius 2 is 1.40 bits per heavy atom. The molecule has 108 valence electrons. The van der Waals surface area contributed by atoms with Crippen molar-refractivity contribution in [3.05, 3.63) is 35.9 Å². The molecule has 2 rings (SSSR count). The van der Waals surface area contributed by atoms with Gasteiger partial charge in [0, 0.05) is 22.1 Å². The van der Waals surface area contributed by atoms with E-state index in [1.165, 1.54) is 44.1 Å². The van der Waals surface area contributed by atoms with Gasteiger partial charge < -0.3 is 11.5 Å². The van der Waals surface area contributed by atoms with E-state index in [4.69, 9.17) is 11.5 Å². The zero-order valence-corrected chi connectivity index (χ0v) is 12.5. The van der Waals surface area contributed by atoms with Gasteiger partial charge in [0.2, 0.25) is 0 Å². The van der Waals surface area contributed by atoms with Crippen molar-refractivity contribution in [2.24, 2.45) is 0 Å². The van der Waals surface area contributed by atoms with E-state index in [0.29, 0.717) is 0 Å². The maximum atomic E-state index is 6.05. The van der Waals surface area contributed by atoms with Gasteiger partial charge in [-0.25, -0.2) is 0 Å². The Morgan fingerprint density at radius 3 is 2.15 bits per heavy atom. The maximum absolute atomic E-state index is 6.05. The van der Waals surface area contributed by atoms with Crippen molar-refractivity contribution in [2.45, 2.75) is 51.9 Å². The van der Waals surface area contributed by atoms with Gasteiger partial charge in [-0.05, 0) is 36.6 Å². The molecule has 0 saturated heterocycles. The number of hydrogen-bond donors (Lipinski definition) is 2. The average molecular weight is 270 g/mol. The second-order valence-electron chi connectivity index (χ2n) is 5.64. The SMILES string of the molecule is CCCCCCCCc1ccc2c(N)ccc(N)c2c1. The van der Waals surface area contributed by atoms with Crippen LogP contribution in [0.5, 0.6) is 0 Å². The predicted molar refractivity (Wildman–Crippen MR) is 89.9 cm³/mol. The molecule has 0 spiro atoms. The molecule has 0 saturated carbocycles. The van der Waals surface area contributed by atoms with E-state index in [0.717, 1.165) is 28.6 Å². The molecule has 0 fully saturated rings. The highest BCUT2D eigenvalue weighted by Crippen LogP contribution is 2.27. The van der Waals surface area contributed by atoms with Gasteiger partial charge in [0.25, 0.3) is 0 Å². The van der Waals surface area contributed by atoms with Gasteiger partial charge in [0.15, 0.2) is 0 Å². The highest BCUT2D eigenvalue weighted by atomic mass is 14.6. The van der Waals surface area contributed by atoms with Gasteiger partial charge in [0.05, 0.1) is 0 Å². The third-order valence-corrected chi connectivity index (χ3v) is 3.97. The molecular formula is C18H26N2. The molecule has 2 nitrogen and oxygen atoms in total. The summed E-state index contributed by atoms with van der Waals surface area (Å²) in [6.07, 6.45) is 9.13. The number of aryl methyl sites for hydroxylation is 1. The number of nitrogens with two attached hydrogens (primary N) is 2. The summed E-state index contributed by atoms with van der Waals surface area (Å²) in [7, 11) is 0. The first kappa shape index (κ1) is 14.7. The molecule has 0 unspecified atom stereocenters. The van der Waals surface area contributed by atoms with Crippen LogP contribution in [0.15, 0.2) is 30.3 Å². The Morgan fingerprint density at radius 1 is 0.750 bits per heavy atom. The molecule has 0 aromatic heterocycles. The fraction of sp³-hybridized carbons (Fsp3) is 0.444. The van der Waals surface area contributed by atoms with Crippen LogP contribution in [0.3, 0.4) is 0 Å². The molecule has 0 atom stereocenters. The Labute approximate surface area is 122 Å². The van der Waals surface area contributed by atoms with Crippen LogP contribution in [0.2, 0.25) is 0 Å². The minimum atomic E-state index is 0.806. The van der Waals surface area contributed by atoms with E-state index in [9.17, 15) is 0 Å². The Kier molecular flexibility index (Phi) is 5.28. The minimum Gasteiger partial charge on any atom is -0.398 e. The van der Waals surface area contributed by atoms with Crippen molar-refractivity contribution >= 4 is 22.1 Å². The molecule has 0 amide bonds. The van der Waals surface area contributed by atoms with Gasteiger partial charge >= 0.3 is 0 Å². The number of fused-ring (bicyclic) bond motifs is 1. The summed E-state index contributed by atoms with van der Waals surface area (Å²) < 4.78 is 0. The van der Waals surface area contributed by atoms with Gasteiger partial charge in [-0.15, -0.1) is 0 Å². The van der Waals surface area contributed by atoms with E-state index in [2.05, 4.69) is 25.1 Å². The lowest BCUT2D eigenvalue weighted by atomic mass is 10.00. The predicted octanol–water partition coefficient (Wildman–Crippen LogP) is 4.91. The second kappa shape index (κ2) is 7.18. The van der Waals surface area contributed by atoms with E-state index in [-0.39, 0.29) is 0 Å². The monoisotopic (exact) mass is 270 g/mol. The molecule has 0 heterocycles. The first-order chi connectivity index (χ1) is 9.72. The molecule has 0 bridgehead atoms. The number of hydrogen-bond acceptors (Lipinski definition) is 2. The summed E-state index contributed by atoms with van der Waals surface area (Å²) in [6, 6.07) is 10.3. The molecule has 0 aliphatic rings. The van der Waals surface area contributed by atoms with Crippen molar-refractivity contribution in [3.8, 4) is 0 Å². The summed E-state index contributed by atoms with van der Waals surface area (Å²) in [5.74, 6) is 0. The highest BCUT2D eigenvalue weighted by Gasteiger charge is 2.03. The fourth-order valence-electron chi connectivity index (χ4n) is 2.71. The molecule has 2 aromatic rings. The summed E-state index contributed by atoms with van der Waals surface area (Å²) in [5, 5.41) is 2.16. The van der Waals surface area contributed by atoms with Crippen LogP contribution in [0, 0.1) is 0 Å². The standard InChI is InChI=1S/C18H26N2/c1-2-3-4-5-6-7-8-14-9-10-15-16(13-14)18(20)12-11-17(15)19/h9-13H,2-8,19-20H2,1H3. The average Bonchev–Trinajstić information content (AvgIpc) is 2.47. The zero-order valence-electron chi connectivity index (χ0n) is 12.5. The van der Waals surface area contributed by atoms with E-state index >= 15 is 0 Å². The van der Waals surface area contributed by atoms with Crippen molar-refractivity contribution in [1.29, 1.82) is 0 Å². The topological polar surface area (TPSA) is 52.0 Å². The summed E-state index contributed by atoms with van der Waals surface area (Å²) >= 11 is 0. The molecule has 2 heteroatoms. The number of rotatable bonds is 7. The normalized spacial score (nSPS) is 11.1. The first-order valence-electron chi connectivity index (χ1n) is 7.79. The molecule has 20 heavy (non-hydrogen) atoms. The van der Waals surface area contributed by atoms with Crippen molar-refractivity contribution in [1.82, 2.24) is 0 Å². The Balaban J connectivity index is 1.96. The smallest absolute Gasteiger partial charge is 0.0395 e. The van der Waals surface area contributed by atoms with Crippen LogP contribution in [0.25, 0.3) is 10.8 Å².